The monoisotopic (exact) mass is 398 g/mol. The van der Waals surface area contributed by atoms with E-state index in [1.807, 2.05) is 6.07 Å². The molecule has 2 aromatic carbocycles. The first kappa shape index (κ1) is 19.4. The number of ether oxygens (including phenoxy) is 1. The molecule has 1 atom stereocenters. The predicted octanol–water partition coefficient (Wildman–Crippen LogP) is 2.14. The van der Waals surface area contributed by atoms with E-state index in [1.165, 1.54) is 9.79 Å². The highest BCUT2D eigenvalue weighted by Gasteiger charge is 2.28. The van der Waals surface area contributed by atoms with Crippen molar-refractivity contribution in [1.82, 2.24) is 9.80 Å². The van der Waals surface area contributed by atoms with Crippen LogP contribution < -0.4 is 5.73 Å². The van der Waals surface area contributed by atoms with Gasteiger partial charge in [-0.3, -0.25) is 4.90 Å². The minimum absolute atomic E-state index is 0.0541. The maximum atomic E-state index is 8.82. The number of benzene rings is 2. The first-order valence-electron chi connectivity index (χ1n) is 9.64. The van der Waals surface area contributed by atoms with Gasteiger partial charge >= 0.3 is 0 Å². The molecule has 1 saturated heterocycles. The van der Waals surface area contributed by atoms with Crippen LogP contribution in [0.5, 0.6) is 0 Å². The molecule has 7 heteroatoms. The van der Waals surface area contributed by atoms with Crippen LogP contribution in [-0.4, -0.2) is 72.9 Å². The topological polar surface area (TPSA) is 74.3 Å². The summed E-state index contributed by atoms with van der Waals surface area (Å²) < 4.78 is 5.39. The number of piperazine rings is 1. The Morgan fingerprint density at radius 1 is 1.07 bits per heavy atom. The largest absolute Gasteiger partial charge is 0.394 e. The fourth-order valence-electron chi connectivity index (χ4n) is 3.58. The standard InChI is InChI=1S/C21H26N4O2S/c22-20-15-25(10-9-24(20)11-13-27-14-12-26)21-16-5-1-3-7-18(16)28-19-8-4-2-6-17(19)23-21/h1-8,20,26H,9-15,22H2. The van der Waals surface area contributed by atoms with Crippen molar-refractivity contribution >= 4 is 23.3 Å². The van der Waals surface area contributed by atoms with Gasteiger partial charge in [0.2, 0.25) is 0 Å². The van der Waals surface area contributed by atoms with Crippen LogP contribution in [0.25, 0.3) is 0 Å². The molecule has 0 saturated carbocycles. The molecule has 6 nitrogen and oxygen atoms in total. The molecule has 2 heterocycles. The van der Waals surface area contributed by atoms with Crippen LogP contribution in [0.1, 0.15) is 5.56 Å². The Morgan fingerprint density at radius 2 is 1.86 bits per heavy atom. The third-order valence-corrected chi connectivity index (χ3v) is 6.17. The molecule has 4 rings (SSSR count). The van der Waals surface area contributed by atoms with E-state index in [-0.39, 0.29) is 12.8 Å². The predicted molar refractivity (Wildman–Crippen MR) is 112 cm³/mol. The summed E-state index contributed by atoms with van der Waals surface area (Å²) in [5, 5.41) is 8.82. The van der Waals surface area contributed by atoms with Gasteiger partial charge in [0.1, 0.15) is 5.84 Å². The lowest BCUT2D eigenvalue weighted by molar-refractivity contribution is 0.0462. The average molecular weight is 399 g/mol. The Kier molecular flexibility index (Phi) is 6.29. The third-order valence-electron chi connectivity index (χ3n) is 5.03. The van der Waals surface area contributed by atoms with Crippen molar-refractivity contribution in [2.75, 3.05) is 46.0 Å². The van der Waals surface area contributed by atoms with Crippen molar-refractivity contribution in [2.24, 2.45) is 10.7 Å². The number of aliphatic imine (C=N–C) groups is 1. The van der Waals surface area contributed by atoms with Crippen molar-refractivity contribution in [3.8, 4) is 0 Å². The summed E-state index contributed by atoms with van der Waals surface area (Å²) in [6.07, 6.45) is -0.0764. The maximum Gasteiger partial charge on any atom is 0.137 e. The van der Waals surface area contributed by atoms with E-state index in [9.17, 15) is 0 Å². The molecule has 28 heavy (non-hydrogen) atoms. The SMILES string of the molecule is NC1CN(C2=Nc3ccccc3Sc3ccccc32)CCN1CCOCCO. The minimum atomic E-state index is -0.0764. The van der Waals surface area contributed by atoms with E-state index in [0.717, 1.165) is 43.3 Å². The lowest BCUT2D eigenvalue weighted by Crippen LogP contribution is -2.59. The molecule has 2 aliphatic rings. The van der Waals surface area contributed by atoms with Crippen molar-refractivity contribution in [2.45, 2.75) is 16.0 Å². The Morgan fingerprint density at radius 3 is 2.68 bits per heavy atom. The fourth-order valence-corrected chi connectivity index (χ4v) is 4.59. The molecule has 0 spiro atoms. The van der Waals surface area contributed by atoms with Gasteiger partial charge in [-0.05, 0) is 18.2 Å². The molecule has 0 aromatic heterocycles. The third kappa shape index (κ3) is 4.24. The zero-order chi connectivity index (χ0) is 19.3. The number of hydrogen-bond acceptors (Lipinski definition) is 7. The Bertz CT molecular complexity index is 845. The van der Waals surface area contributed by atoms with Gasteiger partial charge in [0, 0.05) is 41.5 Å². The molecule has 1 unspecified atom stereocenters. The van der Waals surface area contributed by atoms with Gasteiger partial charge in [0.25, 0.3) is 0 Å². The molecule has 148 valence electrons. The number of nitrogens with zero attached hydrogens (tertiary/aromatic N) is 3. The first-order valence-corrected chi connectivity index (χ1v) is 10.5. The maximum absolute atomic E-state index is 8.82. The van der Waals surface area contributed by atoms with Crippen molar-refractivity contribution in [3.05, 3.63) is 54.1 Å². The lowest BCUT2D eigenvalue weighted by Gasteiger charge is -2.41. The second-order valence-electron chi connectivity index (χ2n) is 6.89. The van der Waals surface area contributed by atoms with Gasteiger partial charge < -0.3 is 20.5 Å². The number of aliphatic hydroxyl groups excluding tert-OH is 1. The highest BCUT2D eigenvalue weighted by atomic mass is 32.2. The van der Waals surface area contributed by atoms with E-state index in [4.69, 9.17) is 20.6 Å². The second kappa shape index (κ2) is 9.07. The van der Waals surface area contributed by atoms with E-state index in [2.05, 4.69) is 52.3 Å². The van der Waals surface area contributed by atoms with Crippen LogP contribution in [0, 0.1) is 0 Å². The molecule has 0 radical (unpaired) electrons. The summed E-state index contributed by atoms with van der Waals surface area (Å²) >= 11 is 1.77. The number of rotatable bonds is 5. The number of aliphatic hydroxyl groups is 1. The first-order chi connectivity index (χ1) is 13.8. The van der Waals surface area contributed by atoms with Crippen molar-refractivity contribution in [3.63, 3.8) is 0 Å². The van der Waals surface area contributed by atoms with Crippen molar-refractivity contribution < 1.29 is 9.84 Å². The molecule has 1 fully saturated rings. The molecule has 2 aromatic rings. The Balaban J connectivity index is 1.54. The van der Waals surface area contributed by atoms with Gasteiger partial charge in [0.15, 0.2) is 0 Å². The number of nitrogens with two attached hydrogens (primary N) is 1. The number of amidine groups is 1. The molecule has 0 amide bonds. The second-order valence-corrected chi connectivity index (χ2v) is 7.97. The van der Waals surface area contributed by atoms with E-state index in [1.54, 1.807) is 11.8 Å². The fraction of sp³-hybridized carbons (Fsp3) is 0.381. The van der Waals surface area contributed by atoms with Gasteiger partial charge in [-0.15, -0.1) is 0 Å². The number of hydrogen-bond donors (Lipinski definition) is 2. The van der Waals surface area contributed by atoms with Crippen LogP contribution in [-0.2, 0) is 4.74 Å². The van der Waals surface area contributed by atoms with Gasteiger partial charge in [0.05, 0.1) is 31.7 Å². The van der Waals surface area contributed by atoms with Crippen LogP contribution in [0.4, 0.5) is 5.69 Å². The van der Waals surface area contributed by atoms with E-state index >= 15 is 0 Å². The normalized spacial score (nSPS) is 19.6. The summed E-state index contributed by atoms with van der Waals surface area (Å²) in [6.45, 7) is 4.24. The summed E-state index contributed by atoms with van der Waals surface area (Å²) in [6, 6.07) is 16.7. The van der Waals surface area contributed by atoms with Gasteiger partial charge in [-0.1, -0.05) is 42.1 Å². The van der Waals surface area contributed by atoms with Crippen LogP contribution >= 0.6 is 11.8 Å². The highest BCUT2D eigenvalue weighted by Crippen LogP contribution is 2.40. The average Bonchev–Trinajstić information content (AvgIpc) is 2.89. The van der Waals surface area contributed by atoms with Gasteiger partial charge in [-0.25, -0.2) is 4.99 Å². The quantitative estimate of drug-likeness (QED) is 0.752. The van der Waals surface area contributed by atoms with E-state index in [0.29, 0.717) is 13.2 Å². The molecule has 0 aliphatic carbocycles. The lowest BCUT2D eigenvalue weighted by atomic mass is 10.1. The molecular weight excluding hydrogens is 372 g/mol. The van der Waals surface area contributed by atoms with Crippen LogP contribution in [0.2, 0.25) is 0 Å². The molecule has 0 bridgehead atoms. The van der Waals surface area contributed by atoms with E-state index < -0.39 is 0 Å². The van der Waals surface area contributed by atoms with Gasteiger partial charge in [-0.2, -0.15) is 0 Å². The summed E-state index contributed by atoms with van der Waals surface area (Å²) in [5.41, 5.74) is 8.63. The smallest absolute Gasteiger partial charge is 0.137 e. The highest BCUT2D eigenvalue weighted by molar-refractivity contribution is 7.99. The summed E-state index contributed by atoms with van der Waals surface area (Å²) in [5.74, 6) is 1.000. The number of para-hydroxylation sites is 1. The Labute approximate surface area is 170 Å². The zero-order valence-corrected chi connectivity index (χ0v) is 16.6. The van der Waals surface area contributed by atoms with Crippen molar-refractivity contribution in [1.29, 1.82) is 0 Å². The minimum Gasteiger partial charge on any atom is -0.394 e. The Hall–Kier alpha value is -1.90. The molecule has 2 aliphatic heterocycles. The molecular formula is C21H26N4O2S. The zero-order valence-electron chi connectivity index (χ0n) is 15.8. The van der Waals surface area contributed by atoms with Crippen LogP contribution in [0.3, 0.4) is 0 Å². The molecule has 3 N–H and O–H groups in total. The summed E-state index contributed by atoms with van der Waals surface area (Å²) in [4.78, 5) is 12.0. The summed E-state index contributed by atoms with van der Waals surface area (Å²) in [7, 11) is 0. The van der Waals surface area contributed by atoms with Crippen LogP contribution in [0.15, 0.2) is 63.3 Å². The number of fused-ring (bicyclic) bond motifs is 2.